The van der Waals surface area contributed by atoms with Crippen LogP contribution in [0.15, 0.2) is 11.4 Å². The Labute approximate surface area is 117 Å². The number of rotatable bonds is 4. The zero-order valence-corrected chi connectivity index (χ0v) is 12.0. The average Bonchev–Trinajstić information content (AvgIpc) is 2.77. The number of piperidine rings is 1. The number of anilines is 1. The maximum atomic E-state index is 11.4. The fourth-order valence-electron chi connectivity index (χ4n) is 2.19. The van der Waals surface area contributed by atoms with Crippen molar-refractivity contribution < 1.29 is 9.59 Å². The van der Waals surface area contributed by atoms with E-state index in [1.54, 1.807) is 16.2 Å². The third-order valence-electron chi connectivity index (χ3n) is 3.23. The van der Waals surface area contributed by atoms with Crippen LogP contribution in [0.3, 0.4) is 0 Å². The highest BCUT2D eigenvalue weighted by Gasteiger charge is 2.22. The highest BCUT2D eigenvalue weighted by atomic mass is 32.1. The number of likely N-dealkylation sites (N-methyl/N-ethyl adjacent to an activating group) is 1. The van der Waals surface area contributed by atoms with Crippen LogP contribution in [0.1, 0.15) is 24.6 Å². The maximum Gasteiger partial charge on any atom is 0.222 e. The van der Waals surface area contributed by atoms with Gasteiger partial charge in [0.2, 0.25) is 11.8 Å². The van der Waals surface area contributed by atoms with Crippen LogP contribution < -0.4 is 10.6 Å². The summed E-state index contributed by atoms with van der Waals surface area (Å²) in [5.41, 5.74) is 0.880. The molecule has 1 aromatic heterocycles. The molecule has 2 rings (SSSR count). The van der Waals surface area contributed by atoms with Crippen LogP contribution in [0.5, 0.6) is 0 Å². The van der Waals surface area contributed by atoms with Gasteiger partial charge in [0.05, 0.1) is 5.69 Å². The number of hydrogen-bond acceptors (Lipinski definition) is 4. The molecule has 1 aliphatic rings. The van der Waals surface area contributed by atoms with Gasteiger partial charge in [0.1, 0.15) is 0 Å². The number of thiophene rings is 1. The second kappa shape index (κ2) is 6.16. The van der Waals surface area contributed by atoms with Gasteiger partial charge in [-0.2, -0.15) is 0 Å². The lowest BCUT2D eigenvalue weighted by molar-refractivity contribution is -0.132. The summed E-state index contributed by atoms with van der Waals surface area (Å²) in [6, 6.07) is 2.24. The minimum absolute atomic E-state index is 0.0531. The SMILES string of the molecule is CC(=O)Nc1ccsc1CNC1CCC(=O)N(C)C1. The number of amides is 2. The van der Waals surface area contributed by atoms with Crippen LogP contribution in [-0.2, 0) is 16.1 Å². The van der Waals surface area contributed by atoms with E-state index >= 15 is 0 Å². The summed E-state index contributed by atoms with van der Waals surface area (Å²) in [7, 11) is 1.84. The lowest BCUT2D eigenvalue weighted by Gasteiger charge is -2.30. The van der Waals surface area contributed by atoms with Crippen LogP contribution in [0.4, 0.5) is 5.69 Å². The number of nitrogens with zero attached hydrogens (tertiary/aromatic N) is 1. The Morgan fingerprint density at radius 2 is 2.37 bits per heavy atom. The van der Waals surface area contributed by atoms with Gasteiger partial charge in [-0.1, -0.05) is 0 Å². The second-order valence-electron chi connectivity index (χ2n) is 4.83. The van der Waals surface area contributed by atoms with Crippen molar-refractivity contribution in [3.63, 3.8) is 0 Å². The zero-order chi connectivity index (χ0) is 13.8. The molecule has 1 unspecified atom stereocenters. The molecule has 2 heterocycles. The van der Waals surface area contributed by atoms with Gasteiger partial charge in [-0.05, 0) is 17.9 Å². The molecule has 2 amide bonds. The first-order chi connectivity index (χ1) is 9.06. The highest BCUT2D eigenvalue weighted by Crippen LogP contribution is 2.22. The average molecular weight is 281 g/mol. The third-order valence-corrected chi connectivity index (χ3v) is 4.16. The van der Waals surface area contributed by atoms with Crippen molar-refractivity contribution in [2.75, 3.05) is 18.9 Å². The Kier molecular flexibility index (Phi) is 4.55. The Balaban J connectivity index is 1.87. The molecule has 1 aliphatic heterocycles. The van der Waals surface area contributed by atoms with E-state index in [-0.39, 0.29) is 11.8 Å². The van der Waals surface area contributed by atoms with E-state index in [1.165, 1.54) is 6.92 Å². The zero-order valence-electron chi connectivity index (χ0n) is 11.2. The van der Waals surface area contributed by atoms with Crippen LogP contribution in [0.25, 0.3) is 0 Å². The first-order valence-corrected chi connectivity index (χ1v) is 7.25. The van der Waals surface area contributed by atoms with Gasteiger partial charge in [-0.3, -0.25) is 9.59 Å². The van der Waals surface area contributed by atoms with E-state index in [9.17, 15) is 9.59 Å². The molecule has 104 valence electrons. The molecule has 0 spiro atoms. The molecule has 19 heavy (non-hydrogen) atoms. The topological polar surface area (TPSA) is 61.4 Å². The number of carbonyl (C=O) groups excluding carboxylic acids is 2. The predicted molar refractivity (Wildman–Crippen MR) is 76.1 cm³/mol. The van der Waals surface area contributed by atoms with Gasteiger partial charge in [0.15, 0.2) is 0 Å². The van der Waals surface area contributed by atoms with E-state index in [1.807, 2.05) is 18.5 Å². The molecule has 2 N–H and O–H groups in total. The predicted octanol–water partition coefficient (Wildman–Crippen LogP) is 1.42. The van der Waals surface area contributed by atoms with Gasteiger partial charge in [-0.15, -0.1) is 11.3 Å². The van der Waals surface area contributed by atoms with Crippen molar-refractivity contribution >= 4 is 28.8 Å². The number of hydrogen-bond donors (Lipinski definition) is 2. The largest absolute Gasteiger partial charge is 0.344 e. The molecule has 0 aliphatic carbocycles. The number of carbonyl (C=O) groups is 2. The quantitative estimate of drug-likeness (QED) is 0.877. The van der Waals surface area contributed by atoms with Crippen molar-refractivity contribution in [3.05, 3.63) is 16.3 Å². The van der Waals surface area contributed by atoms with Crippen LogP contribution in [0.2, 0.25) is 0 Å². The standard InChI is InChI=1S/C13H19N3O2S/c1-9(17)15-11-5-6-19-12(11)7-14-10-3-4-13(18)16(2)8-10/h5-6,10,14H,3-4,7-8H2,1-2H3,(H,15,17). The minimum atomic E-state index is -0.0531. The van der Waals surface area contributed by atoms with Crippen molar-refractivity contribution in [3.8, 4) is 0 Å². The Bertz CT molecular complexity index is 472. The number of nitrogens with one attached hydrogen (secondary N) is 2. The van der Waals surface area contributed by atoms with E-state index in [2.05, 4.69) is 10.6 Å². The normalized spacial score (nSPS) is 19.6. The van der Waals surface area contributed by atoms with Crippen LogP contribution in [0, 0.1) is 0 Å². The molecule has 0 bridgehead atoms. The van der Waals surface area contributed by atoms with Gasteiger partial charge in [0, 0.05) is 44.4 Å². The van der Waals surface area contributed by atoms with E-state index < -0.39 is 0 Å². The lowest BCUT2D eigenvalue weighted by Crippen LogP contribution is -2.46. The summed E-state index contributed by atoms with van der Waals surface area (Å²) in [5, 5.41) is 8.25. The highest BCUT2D eigenvalue weighted by molar-refractivity contribution is 7.10. The lowest BCUT2D eigenvalue weighted by atomic mass is 10.1. The first-order valence-electron chi connectivity index (χ1n) is 6.37. The molecular formula is C13H19N3O2S. The van der Waals surface area contributed by atoms with Crippen molar-refractivity contribution in [2.45, 2.75) is 32.4 Å². The Hall–Kier alpha value is -1.40. The minimum Gasteiger partial charge on any atom is -0.344 e. The molecule has 1 aromatic rings. The third kappa shape index (κ3) is 3.78. The molecule has 0 saturated carbocycles. The van der Waals surface area contributed by atoms with Crippen molar-refractivity contribution in [1.29, 1.82) is 0 Å². The first kappa shape index (κ1) is 14.0. The van der Waals surface area contributed by atoms with Crippen LogP contribution >= 0.6 is 11.3 Å². The van der Waals surface area contributed by atoms with E-state index in [0.717, 1.165) is 30.1 Å². The fraction of sp³-hybridized carbons (Fsp3) is 0.538. The van der Waals surface area contributed by atoms with Crippen LogP contribution in [-0.4, -0.2) is 36.3 Å². The Morgan fingerprint density at radius 3 is 3.05 bits per heavy atom. The summed E-state index contributed by atoms with van der Waals surface area (Å²) in [6.45, 7) is 2.98. The summed E-state index contributed by atoms with van der Waals surface area (Å²) < 4.78 is 0. The molecule has 1 fully saturated rings. The van der Waals surface area contributed by atoms with Crippen molar-refractivity contribution in [1.82, 2.24) is 10.2 Å². The molecule has 1 saturated heterocycles. The van der Waals surface area contributed by atoms with Gasteiger partial charge >= 0.3 is 0 Å². The smallest absolute Gasteiger partial charge is 0.222 e. The van der Waals surface area contributed by atoms with E-state index in [0.29, 0.717) is 12.5 Å². The molecule has 5 nitrogen and oxygen atoms in total. The van der Waals surface area contributed by atoms with E-state index in [4.69, 9.17) is 0 Å². The molecular weight excluding hydrogens is 262 g/mol. The summed E-state index contributed by atoms with van der Waals surface area (Å²) in [6.07, 6.45) is 1.49. The molecule has 1 atom stereocenters. The molecule has 6 heteroatoms. The van der Waals surface area contributed by atoms with Gasteiger partial charge in [0.25, 0.3) is 0 Å². The monoisotopic (exact) mass is 281 g/mol. The van der Waals surface area contributed by atoms with Gasteiger partial charge in [-0.25, -0.2) is 0 Å². The summed E-state index contributed by atoms with van der Waals surface area (Å²) in [4.78, 5) is 25.4. The van der Waals surface area contributed by atoms with Gasteiger partial charge < -0.3 is 15.5 Å². The second-order valence-corrected chi connectivity index (χ2v) is 5.83. The maximum absolute atomic E-state index is 11.4. The Morgan fingerprint density at radius 1 is 1.58 bits per heavy atom. The number of likely N-dealkylation sites (tertiary alicyclic amines) is 1. The fourth-order valence-corrected chi connectivity index (χ4v) is 2.98. The molecule has 0 radical (unpaired) electrons. The van der Waals surface area contributed by atoms with Crippen molar-refractivity contribution in [2.24, 2.45) is 0 Å². The summed E-state index contributed by atoms with van der Waals surface area (Å²) >= 11 is 1.62. The molecule has 0 aromatic carbocycles. The summed E-state index contributed by atoms with van der Waals surface area (Å²) in [5.74, 6) is 0.163.